The van der Waals surface area contributed by atoms with Gasteiger partial charge < -0.3 is 49.2 Å². The van der Waals surface area contributed by atoms with E-state index in [1.54, 1.807) is 32.0 Å². The fourth-order valence-electron chi connectivity index (χ4n) is 8.10. The van der Waals surface area contributed by atoms with Crippen LogP contribution in [-0.2, 0) is 69.9 Å². The molecule has 3 aromatic rings. The number of carboxylic acid groups (broad SMARTS) is 1. The number of carboxylic acids is 1. The van der Waals surface area contributed by atoms with Crippen LogP contribution >= 0.6 is 0 Å². The number of carbonyl (C=O) groups excluding carboxylic acids is 6. The van der Waals surface area contributed by atoms with Crippen LogP contribution in [0.2, 0.25) is 18.1 Å². The fraction of sp³-hybridized carbons (Fsp3) is 0.500. The number of anilines is 1. The summed E-state index contributed by atoms with van der Waals surface area (Å²) >= 11 is 0. The van der Waals surface area contributed by atoms with E-state index in [2.05, 4.69) is 49.8 Å². The molecule has 1 saturated heterocycles. The fourth-order valence-corrected chi connectivity index (χ4v) is 9.05. The zero-order valence-corrected chi connectivity index (χ0v) is 41.6. The third-order valence-electron chi connectivity index (χ3n) is 12.7. The minimum atomic E-state index is -2.28. The number of nitrogens with one attached hydrogen (secondary N) is 3. The number of alkyl carbamates (subject to hydrolysis) is 1. The second-order valence-electron chi connectivity index (χ2n) is 19.1. The predicted octanol–water partition coefficient (Wildman–Crippen LogP) is 6.79. The first-order valence-electron chi connectivity index (χ1n) is 22.8. The van der Waals surface area contributed by atoms with Crippen LogP contribution in [0.25, 0.3) is 11.1 Å². The highest BCUT2D eigenvalue weighted by molar-refractivity contribution is 6.74. The van der Waals surface area contributed by atoms with Gasteiger partial charge >= 0.3 is 30.0 Å². The lowest BCUT2D eigenvalue weighted by molar-refractivity contribution is -0.248. The van der Waals surface area contributed by atoms with Crippen LogP contribution in [0.4, 0.5) is 10.5 Å². The lowest BCUT2D eigenvalue weighted by Crippen LogP contribution is -2.63. The number of amides is 3. The predicted molar refractivity (Wildman–Crippen MR) is 253 cm³/mol. The monoisotopic (exact) mass is 959 g/mol. The number of aliphatic carboxylic acids is 1. The van der Waals surface area contributed by atoms with Crippen molar-refractivity contribution in [3.05, 3.63) is 89.0 Å². The van der Waals surface area contributed by atoms with Crippen molar-refractivity contribution in [3.63, 3.8) is 0 Å². The average Bonchev–Trinajstić information content (AvgIpc) is 3.57. The van der Waals surface area contributed by atoms with E-state index in [1.807, 2.05) is 48.5 Å². The van der Waals surface area contributed by atoms with Crippen molar-refractivity contribution in [2.24, 2.45) is 5.92 Å². The maximum absolute atomic E-state index is 13.7. The number of benzene rings is 3. The molecule has 18 heteroatoms. The first-order chi connectivity index (χ1) is 31.9. The van der Waals surface area contributed by atoms with E-state index in [-0.39, 0.29) is 42.9 Å². The molecule has 0 saturated carbocycles. The zero-order chi connectivity index (χ0) is 50.2. The van der Waals surface area contributed by atoms with Gasteiger partial charge in [-0.05, 0) is 89.3 Å². The summed E-state index contributed by atoms with van der Waals surface area (Å²) in [6.45, 7) is 19.1. The number of aryl methyl sites for hydroxylation is 1. The Hall–Kier alpha value is -6.11. The third-order valence-corrected chi connectivity index (χ3v) is 17.1. The number of esters is 3. The Morgan fingerprint density at radius 3 is 1.84 bits per heavy atom. The summed E-state index contributed by atoms with van der Waals surface area (Å²) in [6, 6.07) is 19.0. The normalized spacial score (nSPS) is 19.9. The van der Waals surface area contributed by atoms with Crippen molar-refractivity contribution in [1.82, 2.24) is 10.6 Å². The van der Waals surface area contributed by atoms with Crippen LogP contribution in [0.15, 0.2) is 66.7 Å². The van der Waals surface area contributed by atoms with Crippen molar-refractivity contribution < 1.29 is 66.8 Å². The molecule has 2 aliphatic rings. The van der Waals surface area contributed by atoms with E-state index in [4.69, 9.17) is 28.1 Å². The Kier molecular flexibility index (Phi) is 17.4. The van der Waals surface area contributed by atoms with Crippen LogP contribution in [0.5, 0.6) is 0 Å². The SMILES string of the molecule is CC(=O)O[C@@H]1[C@@H](OC(C)=O)[C@H](OC(C)=O)C(C(=O)O)O[C@H]1CCc1cc(NC(=O)[C@H](C)NC(=O)[C@@H](NC(=O)OCC2c3ccccc3-c3ccccc32)C(C)C)ccc1CO[Si](C)(C)C(C)(C)C. The molecule has 1 heterocycles. The first-order valence-corrected chi connectivity index (χ1v) is 25.7. The van der Waals surface area contributed by atoms with Gasteiger partial charge in [0.05, 0.1) is 12.7 Å². The van der Waals surface area contributed by atoms with Gasteiger partial charge in [-0.25, -0.2) is 9.59 Å². The molecule has 3 aromatic carbocycles. The van der Waals surface area contributed by atoms with Gasteiger partial charge in [-0.3, -0.25) is 24.0 Å². The molecule has 0 aromatic heterocycles. The molecule has 0 bridgehead atoms. The van der Waals surface area contributed by atoms with E-state index in [0.29, 0.717) is 11.3 Å². The summed E-state index contributed by atoms with van der Waals surface area (Å²) in [5.74, 6) is -5.68. The average molecular weight is 960 g/mol. The number of hydrogen-bond acceptors (Lipinski definition) is 13. The van der Waals surface area contributed by atoms with Crippen LogP contribution in [-0.4, -0.2) is 104 Å². The first kappa shape index (κ1) is 52.9. The highest BCUT2D eigenvalue weighted by Gasteiger charge is 2.54. The van der Waals surface area contributed by atoms with Crippen LogP contribution in [0.1, 0.15) is 96.9 Å². The van der Waals surface area contributed by atoms with E-state index in [0.717, 1.165) is 48.6 Å². The topological polar surface area (TPSA) is 231 Å². The van der Waals surface area contributed by atoms with Crippen LogP contribution < -0.4 is 16.0 Å². The molecule has 4 N–H and O–H groups in total. The molecule has 1 unspecified atom stereocenters. The number of carbonyl (C=O) groups is 7. The number of fused-ring (bicyclic) bond motifs is 3. The summed E-state index contributed by atoms with van der Waals surface area (Å²) < 4.78 is 34.6. The minimum absolute atomic E-state index is 0.0104. The van der Waals surface area contributed by atoms with Crippen molar-refractivity contribution in [2.75, 3.05) is 11.9 Å². The Bertz CT molecular complexity index is 2320. The third kappa shape index (κ3) is 13.1. The standard InChI is InChI=1S/C50H65N3O14Si/c1-27(2)41(53-49(61)62-26-39-37-18-14-12-16-35(37)36-17-13-15-19-38(36)39)47(58)51-28(3)46(57)52-34-22-20-33(25-63-68(10,11)50(7,8)9)32(24-34)21-23-40-42(64-29(4)54)43(65-30(5)55)44(66-31(6)56)45(67-40)48(59)60/h12-20,22,24,27-28,39-45H,21,23,25-26H2,1-11H3,(H,51,58)(H,52,57)(H,53,61)(H,59,60)/t28-,40-,41-,42-,43+,44-,45?/m0/s1. The van der Waals surface area contributed by atoms with Gasteiger partial charge in [-0.15, -0.1) is 0 Å². The molecule has 0 spiro atoms. The maximum atomic E-state index is 13.7. The van der Waals surface area contributed by atoms with Crippen molar-refractivity contribution >= 4 is 55.8 Å². The Morgan fingerprint density at radius 2 is 1.29 bits per heavy atom. The van der Waals surface area contributed by atoms with Crippen molar-refractivity contribution in [3.8, 4) is 11.1 Å². The summed E-state index contributed by atoms with van der Waals surface area (Å²) in [6.07, 6.45) is -8.09. The van der Waals surface area contributed by atoms with Gasteiger partial charge in [-0.1, -0.05) is 89.2 Å². The summed E-state index contributed by atoms with van der Waals surface area (Å²) in [5, 5.41) is 18.3. The van der Waals surface area contributed by atoms with Gasteiger partial charge in [0.25, 0.3) is 0 Å². The van der Waals surface area contributed by atoms with Gasteiger partial charge in [0.15, 0.2) is 32.7 Å². The molecular weight excluding hydrogens is 895 g/mol. The lowest BCUT2D eigenvalue weighted by atomic mass is 9.90. The molecule has 5 rings (SSSR count). The molecule has 368 valence electrons. The zero-order valence-electron chi connectivity index (χ0n) is 40.6. The van der Waals surface area contributed by atoms with E-state index < -0.39 is 92.7 Å². The summed E-state index contributed by atoms with van der Waals surface area (Å²) in [5.41, 5.74) is 6.02. The van der Waals surface area contributed by atoms with Crippen LogP contribution in [0, 0.1) is 5.92 Å². The Labute approximate surface area is 398 Å². The van der Waals surface area contributed by atoms with E-state index in [1.165, 1.54) is 6.92 Å². The van der Waals surface area contributed by atoms with Crippen molar-refractivity contribution in [1.29, 1.82) is 0 Å². The van der Waals surface area contributed by atoms with Gasteiger partial charge in [0, 0.05) is 32.4 Å². The molecule has 17 nitrogen and oxygen atoms in total. The largest absolute Gasteiger partial charge is 0.479 e. The quantitative estimate of drug-likeness (QED) is 0.0584. The highest BCUT2D eigenvalue weighted by Crippen LogP contribution is 2.44. The number of ether oxygens (including phenoxy) is 5. The smallest absolute Gasteiger partial charge is 0.407 e. The number of hydrogen-bond donors (Lipinski definition) is 4. The second kappa shape index (κ2) is 22.3. The lowest BCUT2D eigenvalue weighted by Gasteiger charge is -2.43. The molecule has 7 atom stereocenters. The minimum Gasteiger partial charge on any atom is -0.479 e. The van der Waals surface area contributed by atoms with Gasteiger partial charge in [0.1, 0.15) is 18.7 Å². The molecule has 0 radical (unpaired) electrons. The maximum Gasteiger partial charge on any atom is 0.407 e. The van der Waals surface area contributed by atoms with Crippen LogP contribution in [0.3, 0.4) is 0 Å². The van der Waals surface area contributed by atoms with E-state index in [9.17, 15) is 38.7 Å². The van der Waals surface area contributed by atoms with E-state index >= 15 is 0 Å². The highest BCUT2D eigenvalue weighted by atomic mass is 28.4. The van der Waals surface area contributed by atoms with Gasteiger partial charge in [0.2, 0.25) is 11.8 Å². The second-order valence-corrected chi connectivity index (χ2v) is 23.9. The number of rotatable bonds is 18. The summed E-state index contributed by atoms with van der Waals surface area (Å²) in [4.78, 5) is 89.8. The molecular formula is C50H65N3O14Si. The van der Waals surface area contributed by atoms with Crippen molar-refractivity contribution in [2.45, 2.75) is 148 Å². The Morgan fingerprint density at radius 1 is 0.735 bits per heavy atom. The Balaban J connectivity index is 1.31. The summed E-state index contributed by atoms with van der Waals surface area (Å²) in [7, 11) is -2.28. The van der Waals surface area contributed by atoms with Gasteiger partial charge in [-0.2, -0.15) is 0 Å². The molecule has 1 fully saturated rings. The molecule has 1 aliphatic heterocycles. The molecule has 1 aliphatic carbocycles. The molecule has 3 amide bonds. The molecule has 68 heavy (non-hydrogen) atoms.